The third-order valence-corrected chi connectivity index (χ3v) is 6.04. The summed E-state index contributed by atoms with van der Waals surface area (Å²) in [7, 11) is 3.28. The Labute approximate surface area is 215 Å². The smallest absolute Gasteiger partial charge is 0.119 e. The minimum atomic E-state index is 0.647. The molecule has 4 nitrogen and oxygen atoms in total. The lowest BCUT2D eigenvalue weighted by molar-refractivity contribution is 0.415. The van der Waals surface area contributed by atoms with Crippen LogP contribution in [0, 0.1) is 0 Å². The highest BCUT2D eigenvalue weighted by Gasteiger charge is 2.05. The minimum absolute atomic E-state index is 0.647. The molecule has 0 heterocycles. The van der Waals surface area contributed by atoms with Gasteiger partial charge in [0.25, 0.3) is 0 Å². The van der Waals surface area contributed by atoms with Gasteiger partial charge in [0.1, 0.15) is 11.5 Å². The standard InChI is InChI=1S/C29H24Cl2N2O2/c1-34-26-11-7-24(8-12-26)32-18-22-5-3-20(16-28(22)30)15-21-4-6-23(29(31)17-21)19-33-25-9-13-27(35-2)14-10-25/h3-14,16-19H,15H2,1-2H3. The van der Waals surface area contributed by atoms with Crippen molar-refractivity contribution in [1.29, 1.82) is 0 Å². The molecule has 0 spiro atoms. The Morgan fingerprint density at radius 3 is 1.34 bits per heavy atom. The SMILES string of the molecule is COc1ccc(N=Cc2ccc(Cc3ccc(C=Nc4ccc(OC)cc4)c(Cl)c3)cc2Cl)cc1. The van der Waals surface area contributed by atoms with Crippen molar-refractivity contribution in [1.82, 2.24) is 0 Å². The van der Waals surface area contributed by atoms with Crippen LogP contribution in [0.1, 0.15) is 22.3 Å². The fourth-order valence-corrected chi connectivity index (χ4v) is 3.93. The van der Waals surface area contributed by atoms with Gasteiger partial charge in [-0.25, -0.2) is 0 Å². The summed E-state index contributed by atoms with van der Waals surface area (Å²) in [5, 5.41) is 1.29. The summed E-state index contributed by atoms with van der Waals surface area (Å²) in [5.74, 6) is 1.59. The Bertz CT molecular complexity index is 1240. The predicted molar refractivity (Wildman–Crippen MR) is 146 cm³/mol. The quantitative estimate of drug-likeness (QED) is 0.228. The monoisotopic (exact) mass is 502 g/mol. The van der Waals surface area contributed by atoms with Gasteiger partial charge in [0, 0.05) is 33.6 Å². The Balaban J connectivity index is 1.42. The number of methoxy groups -OCH3 is 2. The second kappa shape index (κ2) is 11.7. The lowest BCUT2D eigenvalue weighted by Crippen LogP contribution is -1.93. The zero-order valence-electron chi connectivity index (χ0n) is 19.4. The average molecular weight is 503 g/mol. The molecule has 0 aliphatic heterocycles. The van der Waals surface area contributed by atoms with Crippen molar-refractivity contribution in [3.05, 3.63) is 117 Å². The number of nitrogens with zero attached hydrogens (tertiary/aromatic N) is 2. The highest BCUT2D eigenvalue weighted by atomic mass is 35.5. The van der Waals surface area contributed by atoms with E-state index in [9.17, 15) is 0 Å². The molecule has 4 aromatic rings. The van der Waals surface area contributed by atoms with Gasteiger partial charge < -0.3 is 9.47 Å². The van der Waals surface area contributed by atoms with E-state index < -0.39 is 0 Å². The van der Waals surface area contributed by atoms with Crippen LogP contribution in [0.2, 0.25) is 10.0 Å². The number of benzene rings is 4. The van der Waals surface area contributed by atoms with E-state index in [-0.39, 0.29) is 0 Å². The summed E-state index contributed by atoms with van der Waals surface area (Å²) in [6, 6.07) is 27.0. The van der Waals surface area contributed by atoms with E-state index in [0.717, 1.165) is 45.1 Å². The summed E-state index contributed by atoms with van der Waals surface area (Å²) < 4.78 is 10.3. The molecule has 0 saturated carbocycles. The van der Waals surface area contributed by atoms with Crippen LogP contribution in [-0.2, 0) is 6.42 Å². The molecule has 6 heteroatoms. The molecule has 0 bridgehead atoms. The van der Waals surface area contributed by atoms with E-state index in [1.54, 1.807) is 26.6 Å². The number of hydrogen-bond donors (Lipinski definition) is 0. The third kappa shape index (κ3) is 6.72. The molecule has 0 amide bonds. The Kier molecular flexibility index (Phi) is 8.19. The molecule has 176 valence electrons. The topological polar surface area (TPSA) is 43.2 Å². The highest BCUT2D eigenvalue weighted by Crippen LogP contribution is 2.24. The van der Waals surface area contributed by atoms with E-state index in [4.69, 9.17) is 32.7 Å². The van der Waals surface area contributed by atoms with Crippen molar-refractivity contribution in [2.45, 2.75) is 6.42 Å². The summed E-state index contributed by atoms with van der Waals surface area (Å²) in [6.07, 6.45) is 4.24. The van der Waals surface area contributed by atoms with Crippen molar-refractivity contribution in [2.24, 2.45) is 9.98 Å². The number of halogens is 2. The highest BCUT2D eigenvalue weighted by molar-refractivity contribution is 6.33. The first-order chi connectivity index (χ1) is 17.0. The fourth-order valence-electron chi connectivity index (χ4n) is 3.43. The largest absolute Gasteiger partial charge is 0.497 e. The summed E-state index contributed by atoms with van der Waals surface area (Å²) in [6.45, 7) is 0. The normalized spacial score (nSPS) is 11.3. The first-order valence-corrected chi connectivity index (χ1v) is 11.7. The number of ether oxygens (including phenoxy) is 2. The maximum absolute atomic E-state index is 6.52. The van der Waals surface area contributed by atoms with Gasteiger partial charge in [0.2, 0.25) is 0 Å². The first-order valence-electron chi connectivity index (χ1n) is 11.0. The van der Waals surface area contributed by atoms with Crippen LogP contribution in [0.5, 0.6) is 11.5 Å². The van der Waals surface area contributed by atoms with Crippen molar-refractivity contribution in [3.63, 3.8) is 0 Å². The molecule has 0 saturated heterocycles. The predicted octanol–water partition coefficient (Wildman–Crippen LogP) is 8.10. The molecule has 0 aliphatic rings. The molecule has 0 fully saturated rings. The number of aliphatic imine (C=N–C) groups is 2. The molecule has 0 atom stereocenters. The zero-order chi connectivity index (χ0) is 24.6. The average Bonchev–Trinajstić information content (AvgIpc) is 2.88. The van der Waals surface area contributed by atoms with Gasteiger partial charge in [-0.1, -0.05) is 47.5 Å². The molecule has 4 aromatic carbocycles. The number of rotatable bonds is 8. The van der Waals surface area contributed by atoms with Crippen molar-refractivity contribution >= 4 is 47.0 Å². The van der Waals surface area contributed by atoms with Gasteiger partial charge in [0.15, 0.2) is 0 Å². The number of hydrogen-bond acceptors (Lipinski definition) is 4. The second-order valence-corrected chi connectivity index (χ2v) is 8.62. The van der Waals surface area contributed by atoms with E-state index in [1.165, 1.54) is 0 Å². The zero-order valence-corrected chi connectivity index (χ0v) is 20.9. The van der Waals surface area contributed by atoms with Crippen LogP contribution >= 0.6 is 23.2 Å². The van der Waals surface area contributed by atoms with Gasteiger partial charge in [0.05, 0.1) is 25.6 Å². The van der Waals surface area contributed by atoms with Crippen LogP contribution in [0.25, 0.3) is 0 Å². The molecular formula is C29H24Cl2N2O2. The Morgan fingerprint density at radius 2 is 1.00 bits per heavy atom. The molecule has 0 radical (unpaired) electrons. The Morgan fingerprint density at radius 1 is 0.600 bits per heavy atom. The molecule has 0 N–H and O–H groups in total. The van der Waals surface area contributed by atoms with Crippen molar-refractivity contribution in [2.75, 3.05) is 14.2 Å². The van der Waals surface area contributed by atoms with Gasteiger partial charge in [-0.2, -0.15) is 0 Å². The van der Waals surface area contributed by atoms with E-state index in [2.05, 4.69) is 9.98 Å². The van der Waals surface area contributed by atoms with Crippen LogP contribution in [0.15, 0.2) is 94.9 Å². The maximum Gasteiger partial charge on any atom is 0.119 e. The fraction of sp³-hybridized carbons (Fsp3) is 0.103. The minimum Gasteiger partial charge on any atom is -0.497 e. The molecule has 0 aromatic heterocycles. The lowest BCUT2D eigenvalue weighted by atomic mass is 10.0. The van der Waals surface area contributed by atoms with Gasteiger partial charge in [-0.15, -0.1) is 0 Å². The van der Waals surface area contributed by atoms with Crippen LogP contribution in [0.3, 0.4) is 0 Å². The van der Waals surface area contributed by atoms with Crippen molar-refractivity contribution in [3.8, 4) is 11.5 Å². The molecular weight excluding hydrogens is 479 g/mol. The summed E-state index contributed by atoms with van der Waals surface area (Å²) >= 11 is 13.0. The third-order valence-electron chi connectivity index (χ3n) is 5.39. The molecule has 4 rings (SSSR count). The molecule has 35 heavy (non-hydrogen) atoms. The van der Waals surface area contributed by atoms with Crippen molar-refractivity contribution < 1.29 is 9.47 Å². The van der Waals surface area contributed by atoms with E-state index >= 15 is 0 Å². The van der Waals surface area contributed by atoms with E-state index in [0.29, 0.717) is 16.5 Å². The summed E-state index contributed by atoms with van der Waals surface area (Å²) in [4.78, 5) is 8.99. The summed E-state index contributed by atoms with van der Waals surface area (Å²) in [5.41, 5.74) is 5.55. The first kappa shape index (κ1) is 24.5. The van der Waals surface area contributed by atoms with Gasteiger partial charge in [-0.3, -0.25) is 9.98 Å². The lowest BCUT2D eigenvalue weighted by Gasteiger charge is -2.07. The van der Waals surface area contributed by atoms with Crippen LogP contribution in [-0.4, -0.2) is 26.6 Å². The molecule has 0 aliphatic carbocycles. The molecule has 0 unspecified atom stereocenters. The van der Waals surface area contributed by atoms with Crippen LogP contribution in [0.4, 0.5) is 11.4 Å². The van der Waals surface area contributed by atoms with Crippen LogP contribution < -0.4 is 9.47 Å². The Hall–Kier alpha value is -3.60. The second-order valence-electron chi connectivity index (χ2n) is 7.80. The van der Waals surface area contributed by atoms with E-state index in [1.807, 2.05) is 84.9 Å². The maximum atomic E-state index is 6.52. The van der Waals surface area contributed by atoms with Gasteiger partial charge in [-0.05, 0) is 78.2 Å². The van der Waals surface area contributed by atoms with Gasteiger partial charge >= 0.3 is 0 Å².